The SMILES string of the molecule is Fc1c(F)c(F)c([B-](c2c(F)c(F)c(F)c(F)c2F)(c2c(F)c(F)c(F)c(F)c2F)c2c(F)c(F)c(F)c(F)c2F)c(F)c1F.O=C(C[n+]1ccncc1Oc1ccccc1)c1ccccc1. The van der Waals surface area contributed by atoms with E-state index in [4.69, 9.17) is 4.74 Å². The summed E-state index contributed by atoms with van der Waals surface area (Å²) in [4.78, 5) is 16.4. The average molecular weight is 970 g/mol. The van der Waals surface area contributed by atoms with Gasteiger partial charge < -0.3 is 4.74 Å². The van der Waals surface area contributed by atoms with E-state index in [2.05, 4.69) is 4.98 Å². The fourth-order valence-corrected chi connectivity index (χ4v) is 6.94. The number of hydrogen-bond acceptors (Lipinski definition) is 3. The first-order valence-corrected chi connectivity index (χ1v) is 17.9. The van der Waals surface area contributed by atoms with Crippen LogP contribution in [0.1, 0.15) is 10.4 Å². The molecule has 0 aliphatic heterocycles. The number of halogens is 20. The van der Waals surface area contributed by atoms with Gasteiger partial charge in [-0.2, -0.15) is 4.57 Å². The van der Waals surface area contributed by atoms with Crippen molar-refractivity contribution in [2.45, 2.75) is 6.54 Å². The van der Waals surface area contributed by atoms with E-state index in [1.807, 2.05) is 60.7 Å². The third-order valence-electron chi connectivity index (χ3n) is 9.88. The van der Waals surface area contributed by atoms with Crippen molar-refractivity contribution in [3.05, 3.63) is 201 Å². The molecule has 4 nitrogen and oxygen atoms in total. The molecule has 0 bridgehead atoms. The van der Waals surface area contributed by atoms with Crippen LogP contribution in [0.2, 0.25) is 0 Å². The summed E-state index contributed by atoms with van der Waals surface area (Å²) in [5.74, 6) is -70.2. The summed E-state index contributed by atoms with van der Waals surface area (Å²) in [5.41, 5.74) is -13.7. The molecule has 348 valence electrons. The Bertz CT molecular complexity index is 2730. The Hall–Kier alpha value is -7.47. The van der Waals surface area contributed by atoms with Crippen LogP contribution >= 0.6 is 0 Å². The van der Waals surface area contributed by atoms with Crippen LogP contribution in [0.15, 0.2) is 79.3 Å². The van der Waals surface area contributed by atoms with E-state index >= 15 is 35.1 Å². The fourth-order valence-electron chi connectivity index (χ4n) is 6.94. The lowest BCUT2D eigenvalue weighted by molar-refractivity contribution is -0.687. The molecule has 0 atom stereocenters. The van der Waals surface area contributed by atoms with Gasteiger partial charge in [0, 0.05) is 5.56 Å². The zero-order valence-corrected chi connectivity index (χ0v) is 32.1. The molecular weight excluding hydrogens is 955 g/mol. The lowest BCUT2D eigenvalue weighted by Gasteiger charge is -2.44. The Morgan fingerprint density at radius 2 is 0.701 bits per heavy atom. The molecule has 1 heterocycles. The monoisotopic (exact) mass is 970 g/mol. The number of para-hydroxylation sites is 1. The highest BCUT2D eigenvalue weighted by Crippen LogP contribution is 2.31. The second kappa shape index (κ2) is 18.8. The highest BCUT2D eigenvalue weighted by molar-refractivity contribution is 7.20. The van der Waals surface area contributed by atoms with Crippen LogP contribution in [-0.4, -0.2) is 16.9 Å². The Kier molecular flexibility index (Phi) is 13.7. The minimum atomic E-state index is -7.22. The molecule has 0 saturated heterocycles. The van der Waals surface area contributed by atoms with Gasteiger partial charge in [-0.25, -0.2) is 92.8 Å². The highest BCUT2D eigenvalue weighted by Gasteiger charge is 2.52. The van der Waals surface area contributed by atoms with E-state index in [0.717, 1.165) is 0 Å². The molecule has 0 radical (unpaired) electrons. The van der Waals surface area contributed by atoms with Crippen LogP contribution in [-0.2, 0) is 6.54 Å². The molecule has 7 aromatic rings. The van der Waals surface area contributed by atoms with Crippen LogP contribution in [0.3, 0.4) is 0 Å². The molecule has 25 heteroatoms. The standard InChI is InChI=1S/C24BF20.C18H15N2O2/c26-5-1(6(27)14(35)21(42)13(5)34)25(2-7(28)15(36)22(43)16(37)8(2)29,3-9(30)17(38)23(44)18(39)10(3)31)4-11(32)19(40)24(45)20(41)12(4)33;21-17(15-7-3-1-4-8-15)14-20-12-11-19-13-18(20)22-16-9-5-2-6-10-16/h;1-13H,14H2/q-1;+1. The molecule has 0 fully saturated rings. The molecule has 0 aliphatic carbocycles. The third kappa shape index (κ3) is 8.15. The Labute approximate surface area is 359 Å². The number of carbonyl (C=O) groups is 1. The van der Waals surface area contributed by atoms with Gasteiger partial charge in [0.2, 0.25) is 12.3 Å². The van der Waals surface area contributed by atoms with Crippen LogP contribution in [0.25, 0.3) is 0 Å². The van der Waals surface area contributed by atoms with E-state index in [9.17, 15) is 57.5 Å². The first-order valence-electron chi connectivity index (χ1n) is 17.9. The number of aromatic nitrogens is 2. The van der Waals surface area contributed by atoms with E-state index in [-0.39, 0.29) is 12.3 Å². The van der Waals surface area contributed by atoms with Gasteiger partial charge >= 0.3 is 5.88 Å². The lowest BCUT2D eigenvalue weighted by atomic mass is 9.12. The van der Waals surface area contributed by atoms with Crippen molar-refractivity contribution in [3.63, 3.8) is 0 Å². The maximum atomic E-state index is 15.4. The minimum Gasteiger partial charge on any atom is -0.404 e. The normalized spacial score (nSPS) is 11.4. The number of ether oxygens (including phenoxy) is 1. The number of hydrogen-bond donors (Lipinski definition) is 0. The molecule has 0 unspecified atom stereocenters. The van der Waals surface area contributed by atoms with E-state index < -0.39 is 144 Å². The predicted molar refractivity (Wildman–Crippen MR) is 191 cm³/mol. The van der Waals surface area contributed by atoms with Crippen molar-refractivity contribution in [2.24, 2.45) is 0 Å². The van der Waals surface area contributed by atoms with Crippen molar-refractivity contribution < 1.29 is 102 Å². The van der Waals surface area contributed by atoms with Gasteiger partial charge in [-0.1, -0.05) is 48.5 Å². The maximum Gasteiger partial charge on any atom is 0.392 e. The summed E-state index contributed by atoms with van der Waals surface area (Å²) in [6.45, 7) is 0.203. The number of benzene rings is 6. The molecule has 0 saturated carbocycles. The van der Waals surface area contributed by atoms with Crippen LogP contribution in [0, 0.1) is 116 Å². The second-order valence-corrected chi connectivity index (χ2v) is 13.5. The maximum absolute atomic E-state index is 15.4. The summed E-state index contributed by atoms with van der Waals surface area (Å²) in [6, 6.07) is 18.6. The molecule has 0 N–H and O–H groups in total. The second-order valence-electron chi connectivity index (χ2n) is 13.5. The number of nitrogens with zero attached hydrogens (tertiary/aromatic N) is 2. The zero-order chi connectivity index (χ0) is 49.6. The largest absolute Gasteiger partial charge is 0.404 e. The fraction of sp³-hybridized carbons (Fsp3) is 0.0238. The summed E-state index contributed by atoms with van der Waals surface area (Å²) >= 11 is 0. The molecule has 1 aromatic heterocycles. The Morgan fingerprint density at radius 3 is 1.01 bits per heavy atom. The molecule has 0 amide bonds. The summed E-state index contributed by atoms with van der Waals surface area (Å²) in [6.07, 6.45) is -2.24. The zero-order valence-electron chi connectivity index (χ0n) is 32.1. The summed E-state index contributed by atoms with van der Waals surface area (Å²) in [5, 5.41) is 0. The summed E-state index contributed by atoms with van der Waals surface area (Å²) in [7, 11) is 0. The van der Waals surface area contributed by atoms with Gasteiger partial charge in [-0.3, -0.25) is 4.79 Å². The lowest BCUT2D eigenvalue weighted by Crippen LogP contribution is -2.81. The smallest absolute Gasteiger partial charge is 0.392 e. The van der Waals surface area contributed by atoms with Gasteiger partial charge in [-0.05, 0) is 12.1 Å². The van der Waals surface area contributed by atoms with Crippen LogP contribution in [0.5, 0.6) is 11.6 Å². The van der Waals surface area contributed by atoms with Crippen molar-refractivity contribution >= 4 is 33.8 Å². The molecule has 0 spiro atoms. The van der Waals surface area contributed by atoms with Crippen LogP contribution in [0.4, 0.5) is 87.8 Å². The molecular formula is C42H15BF20N2O2. The molecule has 7 rings (SSSR count). The van der Waals surface area contributed by atoms with Gasteiger partial charge in [0.1, 0.15) is 64.6 Å². The summed E-state index contributed by atoms with van der Waals surface area (Å²) < 4.78 is 301. The van der Waals surface area contributed by atoms with Crippen molar-refractivity contribution in [1.82, 2.24) is 4.98 Å². The van der Waals surface area contributed by atoms with Crippen molar-refractivity contribution in [2.75, 3.05) is 0 Å². The number of ketones is 1. The van der Waals surface area contributed by atoms with E-state index in [1.165, 1.54) is 0 Å². The first-order chi connectivity index (χ1) is 31.5. The average Bonchev–Trinajstić information content (AvgIpc) is 3.32. The van der Waals surface area contributed by atoms with E-state index in [0.29, 0.717) is 17.2 Å². The van der Waals surface area contributed by atoms with Crippen LogP contribution < -0.4 is 31.2 Å². The topological polar surface area (TPSA) is 43.1 Å². The molecule has 67 heavy (non-hydrogen) atoms. The Balaban J connectivity index is 0.000000279. The first kappa shape index (κ1) is 49.0. The van der Waals surface area contributed by atoms with Gasteiger partial charge in [0.15, 0.2) is 76.0 Å². The number of rotatable bonds is 9. The van der Waals surface area contributed by atoms with Gasteiger partial charge in [0.05, 0.1) is 6.20 Å². The quantitative estimate of drug-likeness (QED) is 0.0363. The van der Waals surface area contributed by atoms with Gasteiger partial charge in [-0.15, -0.1) is 21.9 Å². The van der Waals surface area contributed by atoms with Gasteiger partial charge in [0.25, 0.3) is 0 Å². The molecule has 0 aliphatic rings. The Morgan fingerprint density at radius 1 is 0.418 bits per heavy atom. The van der Waals surface area contributed by atoms with Crippen molar-refractivity contribution in [3.8, 4) is 11.6 Å². The molecule has 6 aromatic carbocycles. The predicted octanol–water partition coefficient (Wildman–Crippen LogP) is 8.89. The number of carbonyl (C=O) groups excluding carboxylic acids is 1. The highest BCUT2D eigenvalue weighted by atomic mass is 19.2. The minimum absolute atomic E-state index is 0.0229. The van der Waals surface area contributed by atoms with E-state index in [1.54, 1.807) is 23.2 Å². The van der Waals surface area contributed by atoms with Crippen molar-refractivity contribution in [1.29, 1.82) is 0 Å². The number of Topliss-reactive ketones (excluding diaryl/α,β-unsaturated/α-hetero) is 1. The third-order valence-corrected chi connectivity index (χ3v) is 9.88.